The van der Waals surface area contributed by atoms with Crippen LogP contribution in [-0.2, 0) is 20.9 Å². The van der Waals surface area contributed by atoms with Gasteiger partial charge in [-0.1, -0.05) is 17.9 Å². The first-order valence-electron chi connectivity index (χ1n) is 11.3. The van der Waals surface area contributed by atoms with E-state index in [1.54, 1.807) is 12.5 Å². The summed E-state index contributed by atoms with van der Waals surface area (Å²) in [6.07, 6.45) is 8.41. The molecule has 0 aromatic carbocycles. The molecule has 2 N–H and O–H groups in total. The Balaban J connectivity index is 1.23. The minimum atomic E-state index is -0.696. The molecule has 1 aliphatic heterocycles. The predicted molar refractivity (Wildman–Crippen MR) is 133 cm³/mol. The number of nitrogens with zero attached hydrogens (tertiary/aromatic N) is 7. The summed E-state index contributed by atoms with van der Waals surface area (Å²) in [5.41, 5.74) is 1.67. The third kappa shape index (κ3) is 5.29. The van der Waals surface area contributed by atoms with Gasteiger partial charge in [0.1, 0.15) is 29.4 Å². The van der Waals surface area contributed by atoms with Crippen LogP contribution in [0.3, 0.4) is 0 Å². The average molecular weight is 524 g/mol. The number of rotatable bonds is 8. The Morgan fingerprint density at radius 1 is 1.24 bits per heavy atom. The molecular formula is C23H22FN9O3S. The number of imidazole rings is 1. The van der Waals surface area contributed by atoms with Crippen molar-refractivity contribution in [2.75, 3.05) is 31.6 Å². The molecule has 0 unspecified atom stereocenters. The Kier molecular flexibility index (Phi) is 7.09. The van der Waals surface area contributed by atoms with Crippen molar-refractivity contribution >= 4 is 45.1 Å². The molecule has 4 aromatic heterocycles. The second-order valence-electron chi connectivity index (χ2n) is 7.99. The summed E-state index contributed by atoms with van der Waals surface area (Å²) in [5, 5.41) is 6.51. The highest BCUT2D eigenvalue weighted by molar-refractivity contribution is 7.18. The molecule has 190 valence electrons. The normalized spacial score (nSPS) is 15.5. The lowest BCUT2D eigenvalue weighted by Crippen LogP contribution is -2.55. The first-order valence-corrected chi connectivity index (χ1v) is 12.1. The minimum absolute atomic E-state index is 0.141. The van der Waals surface area contributed by atoms with E-state index in [9.17, 15) is 14.0 Å². The topological polar surface area (TPSA) is 140 Å². The number of halogens is 1. The molecule has 0 saturated carbocycles. The predicted octanol–water partition coefficient (Wildman–Crippen LogP) is 1.76. The van der Waals surface area contributed by atoms with Crippen LogP contribution in [-0.4, -0.2) is 78.5 Å². The monoisotopic (exact) mass is 523 g/mol. The van der Waals surface area contributed by atoms with Gasteiger partial charge in [-0.3, -0.25) is 9.59 Å². The Bertz CT molecular complexity index is 1460. The van der Waals surface area contributed by atoms with Crippen LogP contribution < -0.4 is 10.6 Å². The van der Waals surface area contributed by atoms with Crippen molar-refractivity contribution in [1.29, 1.82) is 0 Å². The van der Waals surface area contributed by atoms with E-state index in [0.29, 0.717) is 47.6 Å². The largest absolute Gasteiger partial charge is 0.377 e. The smallest absolute Gasteiger partial charge is 0.246 e. The molecule has 14 heteroatoms. The molecule has 2 amide bonds. The van der Waals surface area contributed by atoms with E-state index in [-0.39, 0.29) is 24.1 Å². The van der Waals surface area contributed by atoms with Gasteiger partial charge in [0, 0.05) is 31.9 Å². The van der Waals surface area contributed by atoms with Gasteiger partial charge in [-0.2, -0.15) is 0 Å². The molecular weight excluding hydrogens is 501 g/mol. The molecule has 12 nitrogen and oxygen atoms in total. The highest BCUT2D eigenvalue weighted by Crippen LogP contribution is 2.30. The lowest BCUT2D eigenvalue weighted by molar-refractivity contribution is -0.145. The van der Waals surface area contributed by atoms with Crippen LogP contribution in [0.1, 0.15) is 0 Å². The SMILES string of the molecule is C=CC(=O)N1CCOC[C@H]1C(=O)NCCn1cnc2cnc(Nc3ncc(-c4ncncc4F)s3)cc21. The Labute approximate surface area is 214 Å². The number of carbonyl (C=O) groups is 2. The number of morpholine rings is 1. The van der Waals surface area contributed by atoms with Gasteiger partial charge >= 0.3 is 0 Å². The van der Waals surface area contributed by atoms with Crippen molar-refractivity contribution < 1.29 is 18.7 Å². The van der Waals surface area contributed by atoms with E-state index in [1.807, 2.05) is 10.6 Å². The lowest BCUT2D eigenvalue weighted by atomic mass is 10.2. The van der Waals surface area contributed by atoms with Gasteiger partial charge in [0.2, 0.25) is 11.8 Å². The van der Waals surface area contributed by atoms with E-state index >= 15 is 0 Å². The van der Waals surface area contributed by atoms with E-state index in [4.69, 9.17) is 4.74 Å². The molecule has 5 rings (SSSR count). The molecule has 37 heavy (non-hydrogen) atoms. The summed E-state index contributed by atoms with van der Waals surface area (Å²) in [6.45, 7) is 5.13. The second kappa shape index (κ2) is 10.8. The van der Waals surface area contributed by atoms with Crippen molar-refractivity contribution in [2.45, 2.75) is 12.6 Å². The maximum Gasteiger partial charge on any atom is 0.246 e. The molecule has 0 spiro atoms. The van der Waals surface area contributed by atoms with Crippen molar-refractivity contribution in [3.63, 3.8) is 0 Å². The van der Waals surface area contributed by atoms with Crippen LogP contribution in [0.15, 0.2) is 50.0 Å². The number of aromatic nitrogens is 6. The number of thiazole rings is 1. The average Bonchev–Trinajstić information content (AvgIpc) is 3.55. The third-order valence-corrected chi connectivity index (χ3v) is 6.61. The molecule has 1 saturated heterocycles. The van der Waals surface area contributed by atoms with Crippen LogP contribution in [0.5, 0.6) is 0 Å². The third-order valence-electron chi connectivity index (χ3n) is 5.69. The Morgan fingerprint density at radius 3 is 2.97 bits per heavy atom. The van der Waals surface area contributed by atoms with Gasteiger partial charge in [-0.15, -0.1) is 0 Å². The standard InChI is InChI=1S/C23H22FN9O3S/c1-2-20(34)33-5-6-36-11-17(33)22(35)26-3-4-32-13-30-15-9-27-19(7-16(15)32)31-23-28-10-18(37-23)21-14(24)8-25-12-29-21/h2,7-10,12-13,17H,1,3-6,11H2,(H,26,35)(H,27,28,31)/t17-/m0/s1. The number of fused-ring (bicyclic) bond motifs is 1. The first-order chi connectivity index (χ1) is 18.0. The van der Waals surface area contributed by atoms with E-state index < -0.39 is 11.9 Å². The quantitative estimate of drug-likeness (QED) is 0.331. The molecule has 1 fully saturated rings. The summed E-state index contributed by atoms with van der Waals surface area (Å²) < 4.78 is 21.3. The number of ether oxygens (including phenoxy) is 1. The lowest BCUT2D eigenvalue weighted by Gasteiger charge is -2.33. The minimum Gasteiger partial charge on any atom is -0.377 e. The van der Waals surface area contributed by atoms with Gasteiger partial charge in [0.25, 0.3) is 0 Å². The van der Waals surface area contributed by atoms with Gasteiger partial charge in [0.05, 0.1) is 42.3 Å². The van der Waals surface area contributed by atoms with Crippen molar-refractivity contribution in [2.24, 2.45) is 0 Å². The zero-order valence-electron chi connectivity index (χ0n) is 19.5. The van der Waals surface area contributed by atoms with Crippen molar-refractivity contribution in [3.8, 4) is 10.6 Å². The highest BCUT2D eigenvalue weighted by Gasteiger charge is 2.31. The van der Waals surface area contributed by atoms with E-state index in [2.05, 4.69) is 42.1 Å². The molecule has 0 bridgehead atoms. The molecule has 5 heterocycles. The molecule has 0 radical (unpaired) electrons. The Morgan fingerprint density at radius 2 is 2.14 bits per heavy atom. The number of pyridine rings is 1. The summed E-state index contributed by atoms with van der Waals surface area (Å²) >= 11 is 1.23. The molecule has 0 aliphatic carbocycles. The molecule has 1 aliphatic rings. The van der Waals surface area contributed by atoms with Crippen LogP contribution in [0.4, 0.5) is 15.3 Å². The van der Waals surface area contributed by atoms with Gasteiger partial charge < -0.3 is 24.8 Å². The van der Waals surface area contributed by atoms with Crippen LogP contribution in [0, 0.1) is 5.82 Å². The molecule has 1 atom stereocenters. The maximum absolute atomic E-state index is 14.0. The number of anilines is 2. The van der Waals surface area contributed by atoms with E-state index in [1.165, 1.54) is 34.8 Å². The molecule has 4 aromatic rings. The van der Waals surface area contributed by atoms with Gasteiger partial charge in [-0.25, -0.2) is 29.3 Å². The number of hydrogen-bond acceptors (Lipinski definition) is 10. The maximum atomic E-state index is 14.0. The summed E-state index contributed by atoms with van der Waals surface area (Å²) in [5.74, 6) is -0.585. The first kappa shape index (κ1) is 24.4. The number of amides is 2. The zero-order chi connectivity index (χ0) is 25.8. The highest BCUT2D eigenvalue weighted by atomic mass is 32.1. The fourth-order valence-corrected chi connectivity index (χ4v) is 4.69. The van der Waals surface area contributed by atoms with E-state index in [0.717, 1.165) is 11.7 Å². The zero-order valence-corrected chi connectivity index (χ0v) is 20.3. The number of carbonyl (C=O) groups excluding carboxylic acids is 2. The van der Waals surface area contributed by atoms with Crippen molar-refractivity contribution in [1.82, 2.24) is 39.7 Å². The fourth-order valence-electron chi connectivity index (χ4n) is 3.87. The number of nitrogens with one attached hydrogen (secondary N) is 2. The fraction of sp³-hybridized carbons (Fsp3) is 0.261. The van der Waals surface area contributed by atoms with Crippen LogP contribution in [0.25, 0.3) is 21.6 Å². The Hall–Kier alpha value is -4.30. The van der Waals surface area contributed by atoms with Crippen LogP contribution >= 0.6 is 11.3 Å². The van der Waals surface area contributed by atoms with Crippen LogP contribution in [0.2, 0.25) is 0 Å². The summed E-state index contributed by atoms with van der Waals surface area (Å²) in [4.78, 5) is 47.4. The summed E-state index contributed by atoms with van der Waals surface area (Å²) in [6, 6.07) is 1.12. The second-order valence-corrected chi connectivity index (χ2v) is 9.02. The van der Waals surface area contributed by atoms with Crippen molar-refractivity contribution in [3.05, 3.63) is 55.8 Å². The van der Waals surface area contributed by atoms with Gasteiger partial charge in [0.15, 0.2) is 10.9 Å². The summed E-state index contributed by atoms with van der Waals surface area (Å²) in [7, 11) is 0. The van der Waals surface area contributed by atoms with Gasteiger partial charge in [-0.05, 0) is 6.08 Å². The number of hydrogen-bond donors (Lipinski definition) is 2.